The van der Waals surface area contributed by atoms with E-state index in [4.69, 9.17) is 10.5 Å². The number of ether oxygens (including phenoxy) is 1. The van der Waals surface area contributed by atoms with Gasteiger partial charge in [0.05, 0.1) is 7.11 Å². The van der Waals surface area contributed by atoms with Crippen molar-refractivity contribution in [3.05, 3.63) is 24.3 Å². The van der Waals surface area contributed by atoms with E-state index in [-0.39, 0.29) is 17.7 Å². The minimum absolute atomic E-state index is 0.0104. The molecule has 0 saturated carbocycles. The summed E-state index contributed by atoms with van der Waals surface area (Å²) in [6.07, 6.45) is 3.71. The molecular formula is C21H31N5O3S. The first kappa shape index (κ1) is 23.8. The van der Waals surface area contributed by atoms with Crippen molar-refractivity contribution in [2.24, 2.45) is 11.7 Å². The van der Waals surface area contributed by atoms with Gasteiger partial charge in [-0.25, -0.2) is 0 Å². The molecular weight excluding hydrogens is 402 g/mol. The predicted octanol–water partition coefficient (Wildman–Crippen LogP) is 3.20. The van der Waals surface area contributed by atoms with E-state index in [0.29, 0.717) is 23.1 Å². The van der Waals surface area contributed by atoms with Gasteiger partial charge in [-0.1, -0.05) is 50.2 Å². The molecule has 0 aliphatic heterocycles. The van der Waals surface area contributed by atoms with Crippen LogP contribution in [-0.4, -0.2) is 41.7 Å². The number of rotatable bonds is 12. The van der Waals surface area contributed by atoms with Gasteiger partial charge in [0.25, 0.3) is 0 Å². The molecule has 164 valence electrons. The molecule has 30 heavy (non-hydrogen) atoms. The second-order valence-corrected chi connectivity index (χ2v) is 8.14. The number of amides is 2. The fourth-order valence-electron chi connectivity index (χ4n) is 2.88. The lowest BCUT2D eigenvalue weighted by molar-refractivity contribution is -0.127. The molecule has 0 radical (unpaired) electrons. The molecule has 0 fully saturated rings. The van der Waals surface area contributed by atoms with Crippen molar-refractivity contribution in [3.63, 3.8) is 0 Å². The van der Waals surface area contributed by atoms with Crippen LogP contribution in [0.5, 0.6) is 5.75 Å². The van der Waals surface area contributed by atoms with E-state index in [1.165, 1.54) is 11.3 Å². The highest BCUT2D eigenvalue weighted by molar-refractivity contribution is 7.18. The van der Waals surface area contributed by atoms with Crippen LogP contribution in [0.2, 0.25) is 0 Å². The number of benzene rings is 1. The highest BCUT2D eigenvalue weighted by atomic mass is 32.1. The number of carbonyl (C=O) groups excluding carboxylic acids is 2. The van der Waals surface area contributed by atoms with Crippen molar-refractivity contribution >= 4 is 28.3 Å². The van der Waals surface area contributed by atoms with Crippen molar-refractivity contribution in [1.82, 2.24) is 15.5 Å². The summed E-state index contributed by atoms with van der Waals surface area (Å²) in [5.74, 6) is 0.304. The molecule has 2 aromatic rings. The quantitative estimate of drug-likeness (QED) is 0.442. The number of methoxy groups -OCH3 is 1. The van der Waals surface area contributed by atoms with Gasteiger partial charge in [0, 0.05) is 12.0 Å². The number of anilines is 1. The lowest BCUT2D eigenvalue weighted by atomic mass is 9.98. The third-order valence-corrected chi connectivity index (χ3v) is 5.78. The molecule has 0 aliphatic carbocycles. The molecule has 2 amide bonds. The Labute approximate surface area is 181 Å². The van der Waals surface area contributed by atoms with Crippen molar-refractivity contribution < 1.29 is 14.3 Å². The molecule has 0 bridgehead atoms. The third-order valence-electron chi connectivity index (χ3n) is 4.89. The zero-order valence-electron chi connectivity index (χ0n) is 17.8. The summed E-state index contributed by atoms with van der Waals surface area (Å²) >= 11 is 1.27. The Morgan fingerprint density at radius 2 is 2.03 bits per heavy atom. The Hall–Kier alpha value is -2.52. The van der Waals surface area contributed by atoms with Crippen LogP contribution in [0.4, 0.5) is 5.13 Å². The maximum absolute atomic E-state index is 12.8. The smallest absolute Gasteiger partial charge is 0.249 e. The first-order chi connectivity index (χ1) is 14.5. The summed E-state index contributed by atoms with van der Waals surface area (Å²) in [4.78, 5) is 25.1. The average molecular weight is 434 g/mol. The zero-order chi connectivity index (χ0) is 21.9. The van der Waals surface area contributed by atoms with Crippen molar-refractivity contribution in [2.45, 2.75) is 52.0 Å². The first-order valence-electron chi connectivity index (χ1n) is 10.3. The monoisotopic (exact) mass is 433 g/mol. The largest absolute Gasteiger partial charge is 0.497 e. The van der Waals surface area contributed by atoms with E-state index in [0.717, 1.165) is 37.0 Å². The molecule has 2 atom stereocenters. The van der Waals surface area contributed by atoms with E-state index >= 15 is 0 Å². The highest BCUT2D eigenvalue weighted by Gasteiger charge is 2.26. The number of nitrogens with zero attached hydrogens (tertiary/aromatic N) is 2. The van der Waals surface area contributed by atoms with Gasteiger partial charge in [-0.2, -0.15) is 0 Å². The maximum atomic E-state index is 12.8. The minimum Gasteiger partial charge on any atom is -0.497 e. The summed E-state index contributed by atoms with van der Waals surface area (Å²) in [5.41, 5.74) is 6.34. The van der Waals surface area contributed by atoms with Crippen LogP contribution >= 0.6 is 11.3 Å². The topological polar surface area (TPSA) is 119 Å². The molecule has 9 heteroatoms. The van der Waals surface area contributed by atoms with Crippen molar-refractivity contribution in [2.75, 3.05) is 19.0 Å². The van der Waals surface area contributed by atoms with Gasteiger partial charge < -0.3 is 15.8 Å². The number of carbonyl (C=O) groups is 2. The van der Waals surface area contributed by atoms with Gasteiger partial charge in [0.2, 0.25) is 16.9 Å². The Kier molecular flexibility index (Phi) is 9.69. The van der Waals surface area contributed by atoms with Gasteiger partial charge >= 0.3 is 0 Å². The fraction of sp³-hybridized carbons (Fsp3) is 0.524. The first-order valence-corrected chi connectivity index (χ1v) is 11.1. The number of nitrogens with two attached hydrogens (primary N) is 1. The van der Waals surface area contributed by atoms with Gasteiger partial charge in [-0.3, -0.25) is 14.9 Å². The summed E-state index contributed by atoms with van der Waals surface area (Å²) in [6, 6.07) is 6.86. The van der Waals surface area contributed by atoms with Gasteiger partial charge in [-0.15, -0.1) is 10.2 Å². The SMILES string of the molecule is CCC(C)C(NC(=O)CCCCCN)C(=O)Nc1nnc(-c2cccc(OC)c2)s1. The predicted molar refractivity (Wildman–Crippen MR) is 119 cm³/mol. The van der Waals surface area contributed by atoms with Crippen LogP contribution in [0.15, 0.2) is 24.3 Å². The molecule has 4 N–H and O–H groups in total. The Balaban J connectivity index is 2.01. The number of nitrogens with one attached hydrogen (secondary N) is 2. The molecule has 0 aliphatic rings. The molecule has 1 heterocycles. The van der Waals surface area contributed by atoms with E-state index in [1.807, 2.05) is 38.1 Å². The van der Waals surface area contributed by atoms with Crippen LogP contribution in [0.25, 0.3) is 10.6 Å². The fourth-order valence-corrected chi connectivity index (χ4v) is 3.63. The van der Waals surface area contributed by atoms with Crippen LogP contribution < -0.4 is 21.1 Å². The van der Waals surface area contributed by atoms with E-state index in [9.17, 15) is 9.59 Å². The van der Waals surface area contributed by atoms with E-state index in [2.05, 4.69) is 20.8 Å². The Morgan fingerprint density at radius 1 is 1.23 bits per heavy atom. The van der Waals surface area contributed by atoms with Gasteiger partial charge in [0.15, 0.2) is 0 Å². The molecule has 2 rings (SSSR count). The number of aromatic nitrogens is 2. The van der Waals surface area contributed by atoms with Crippen molar-refractivity contribution in [1.29, 1.82) is 0 Å². The molecule has 0 spiro atoms. The number of hydrogen-bond acceptors (Lipinski definition) is 7. The van der Waals surface area contributed by atoms with Crippen LogP contribution in [0, 0.1) is 5.92 Å². The van der Waals surface area contributed by atoms with Crippen molar-refractivity contribution in [3.8, 4) is 16.3 Å². The van der Waals surface area contributed by atoms with E-state index < -0.39 is 6.04 Å². The molecule has 0 saturated heterocycles. The van der Waals surface area contributed by atoms with Gasteiger partial charge in [-0.05, 0) is 37.4 Å². The highest BCUT2D eigenvalue weighted by Crippen LogP contribution is 2.29. The Morgan fingerprint density at radius 3 is 2.73 bits per heavy atom. The Bertz CT molecular complexity index is 826. The second kappa shape index (κ2) is 12.2. The standard InChI is InChI=1S/C21H31N5O3S/c1-4-14(2)18(23-17(27)11-6-5-7-12-22)19(28)24-21-26-25-20(30-21)15-9-8-10-16(13-15)29-3/h8-10,13-14,18H,4-7,11-12,22H2,1-3H3,(H,23,27)(H,24,26,28). The minimum atomic E-state index is -0.624. The zero-order valence-corrected chi connectivity index (χ0v) is 18.6. The lowest BCUT2D eigenvalue weighted by Gasteiger charge is -2.23. The van der Waals surface area contributed by atoms with Crippen LogP contribution in [0.1, 0.15) is 46.0 Å². The molecule has 2 unspecified atom stereocenters. The lowest BCUT2D eigenvalue weighted by Crippen LogP contribution is -2.47. The molecule has 1 aromatic heterocycles. The summed E-state index contributed by atoms with van der Waals surface area (Å²) < 4.78 is 5.24. The number of unbranched alkanes of at least 4 members (excludes halogenated alkanes) is 2. The normalized spacial score (nSPS) is 12.8. The van der Waals surface area contributed by atoms with E-state index in [1.54, 1.807) is 7.11 Å². The summed E-state index contributed by atoms with van der Waals surface area (Å²) in [7, 11) is 1.60. The molecule has 8 nitrogen and oxygen atoms in total. The van der Waals surface area contributed by atoms with Gasteiger partial charge in [0.1, 0.15) is 16.8 Å². The number of hydrogen-bond donors (Lipinski definition) is 3. The third kappa shape index (κ3) is 7.07. The molecule has 1 aromatic carbocycles. The van der Waals surface area contributed by atoms with Crippen LogP contribution in [0.3, 0.4) is 0 Å². The average Bonchev–Trinajstić information content (AvgIpc) is 3.23. The van der Waals surface area contributed by atoms with Crippen LogP contribution in [-0.2, 0) is 9.59 Å². The summed E-state index contributed by atoms with van der Waals surface area (Å²) in [6.45, 7) is 4.56. The maximum Gasteiger partial charge on any atom is 0.249 e. The second-order valence-electron chi connectivity index (χ2n) is 7.16. The summed E-state index contributed by atoms with van der Waals surface area (Å²) in [5, 5.41) is 15.0.